The molecule has 1 heterocycles. The Kier molecular flexibility index (Phi) is 5.21. The second-order valence-electron chi connectivity index (χ2n) is 4.43. The first-order valence-electron chi connectivity index (χ1n) is 6.12. The summed E-state index contributed by atoms with van der Waals surface area (Å²) in [6.45, 7) is 2.54. The molecular formula is C13H16BrClN2O2. The number of amides is 1. The van der Waals surface area contributed by atoms with Crippen LogP contribution in [0.2, 0.25) is 5.02 Å². The molecule has 1 saturated heterocycles. The van der Waals surface area contributed by atoms with Crippen LogP contribution in [0, 0.1) is 0 Å². The molecule has 104 valence electrons. The average molecular weight is 348 g/mol. The third kappa shape index (κ3) is 3.69. The summed E-state index contributed by atoms with van der Waals surface area (Å²) in [5.74, 6) is -0.00111. The van der Waals surface area contributed by atoms with Crippen LogP contribution in [0.3, 0.4) is 0 Å². The van der Waals surface area contributed by atoms with Gasteiger partial charge >= 0.3 is 0 Å². The van der Waals surface area contributed by atoms with Crippen molar-refractivity contribution in [1.82, 2.24) is 10.2 Å². The van der Waals surface area contributed by atoms with Crippen molar-refractivity contribution in [1.29, 1.82) is 0 Å². The normalized spacial score (nSPS) is 19.5. The molecule has 0 aromatic heterocycles. The Morgan fingerprint density at radius 3 is 3.11 bits per heavy atom. The van der Waals surface area contributed by atoms with Gasteiger partial charge in [0.1, 0.15) is 0 Å². The Morgan fingerprint density at radius 1 is 1.63 bits per heavy atom. The Bertz CT molecular complexity index is 468. The fraction of sp³-hybridized carbons (Fsp3) is 0.462. The summed E-state index contributed by atoms with van der Waals surface area (Å²) in [5.41, 5.74) is 0.610. The average Bonchev–Trinajstić information content (AvgIpc) is 2.42. The maximum atomic E-state index is 12.4. The van der Waals surface area contributed by atoms with E-state index in [4.69, 9.17) is 16.3 Å². The molecule has 19 heavy (non-hydrogen) atoms. The summed E-state index contributed by atoms with van der Waals surface area (Å²) >= 11 is 9.34. The first-order chi connectivity index (χ1) is 9.11. The third-order valence-corrected chi connectivity index (χ3v) is 4.26. The first-order valence-corrected chi connectivity index (χ1v) is 7.29. The lowest BCUT2D eigenvalue weighted by Crippen LogP contribution is -2.48. The molecule has 0 saturated carbocycles. The molecule has 0 aliphatic carbocycles. The second kappa shape index (κ2) is 6.70. The summed E-state index contributed by atoms with van der Waals surface area (Å²) in [6.07, 6.45) is 0.0496. The van der Waals surface area contributed by atoms with E-state index in [1.165, 1.54) is 0 Å². The maximum Gasteiger partial charge on any atom is 0.254 e. The molecule has 0 spiro atoms. The van der Waals surface area contributed by atoms with Gasteiger partial charge in [-0.3, -0.25) is 4.79 Å². The standard InChI is InChI=1S/C13H16BrClN2O2/c1-16-7-10-8-17(4-5-19-10)13(18)9-2-3-11(14)12(15)6-9/h2-3,6,10,16H,4-5,7-8H2,1H3. The second-order valence-corrected chi connectivity index (χ2v) is 5.69. The van der Waals surface area contributed by atoms with E-state index < -0.39 is 0 Å². The maximum absolute atomic E-state index is 12.4. The number of nitrogens with one attached hydrogen (secondary N) is 1. The lowest BCUT2D eigenvalue weighted by Gasteiger charge is -2.33. The van der Waals surface area contributed by atoms with E-state index in [0.29, 0.717) is 30.3 Å². The molecule has 1 fully saturated rings. The molecule has 6 heteroatoms. The van der Waals surface area contributed by atoms with Crippen LogP contribution in [0.4, 0.5) is 0 Å². The van der Waals surface area contributed by atoms with Crippen LogP contribution in [-0.4, -0.2) is 50.2 Å². The minimum Gasteiger partial charge on any atom is -0.373 e. The Labute approximate surface area is 126 Å². The smallest absolute Gasteiger partial charge is 0.254 e. The number of nitrogens with zero attached hydrogens (tertiary/aromatic N) is 1. The zero-order valence-electron chi connectivity index (χ0n) is 10.7. The number of morpholine rings is 1. The van der Waals surface area contributed by atoms with E-state index in [1.807, 2.05) is 11.9 Å². The van der Waals surface area contributed by atoms with Gasteiger partial charge in [0.25, 0.3) is 5.91 Å². The van der Waals surface area contributed by atoms with E-state index in [0.717, 1.165) is 11.0 Å². The molecular weight excluding hydrogens is 332 g/mol. The molecule has 1 N–H and O–H groups in total. The van der Waals surface area contributed by atoms with Crippen LogP contribution in [0.15, 0.2) is 22.7 Å². The van der Waals surface area contributed by atoms with Gasteiger partial charge < -0.3 is 15.0 Å². The van der Waals surface area contributed by atoms with E-state index in [9.17, 15) is 4.79 Å². The predicted molar refractivity (Wildman–Crippen MR) is 78.7 cm³/mol. The van der Waals surface area contributed by atoms with Crippen molar-refractivity contribution in [2.75, 3.05) is 33.3 Å². The van der Waals surface area contributed by atoms with Gasteiger partial charge in [0.2, 0.25) is 0 Å². The first kappa shape index (κ1) is 14.8. The summed E-state index contributed by atoms with van der Waals surface area (Å²) < 4.78 is 6.38. The van der Waals surface area contributed by atoms with Crippen LogP contribution in [0.25, 0.3) is 0 Å². The third-order valence-electron chi connectivity index (χ3n) is 3.02. The highest BCUT2D eigenvalue weighted by atomic mass is 79.9. The lowest BCUT2D eigenvalue weighted by atomic mass is 10.1. The van der Waals surface area contributed by atoms with Gasteiger partial charge in [-0.15, -0.1) is 0 Å². The monoisotopic (exact) mass is 346 g/mol. The van der Waals surface area contributed by atoms with Crippen LogP contribution >= 0.6 is 27.5 Å². The molecule has 2 rings (SSSR count). The van der Waals surface area contributed by atoms with Gasteiger partial charge in [0, 0.05) is 29.7 Å². The number of hydrogen-bond donors (Lipinski definition) is 1. The quantitative estimate of drug-likeness (QED) is 0.911. The zero-order chi connectivity index (χ0) is 13.8. The van der Waals surface area contributed by atoms with Crippen LogP contribution in [-0.2, 0) is 4.74 Å². The van der Waals surface area contributed by atoms with E-state index in [-0.39, 0.29) is 12.0 Å². The summed E-state index contributed by atoms with van der Waals surface area (Å²) in [6, 6.07) is 5.26. The summed E-state index contributed by atoms with van der Waals surface area (Å²) in [4.78, 5) is 14.2. The van der Waals surface area contributed by atoms with Crippen LogP contribution < -0.4 is 5.32 Å². The minimum absolute atomic E-state index is 0.00111. The van der Waals surface area contributed by atoms with E-state index >= 15 is 0 Å². The number of rotatable bonds is 3. The molecule has 1 unspecified atom stereocenters. The van der Waals surface area contributed by atoms with Crippen molar-refractivity contribution >= 4 is 33.4 Å². The van der Waals surface area contributed by atoms with Crippen molar-refractivity contribution in [3.63, 3.8) is 0 Å². The largest absolute Gasteiger partial charge is 0.373 e. The predicted octanol–water partition coefficient (Wildman–Crippen LogP) is 2.16. The number of likely N-dealkylation sites (N-methyl/N-ethyl adjacent to an activating group) is 1. The summed E-state index contributed by atoms with van der Waals surface area (Å²) in [7, 11) is 1.87. The van der Waals surface area contributed by atoms with Gasteiger partial charge in [-0.05, 0) is 41.2 Å². The number of hydrogen-bond acceptors (Lipinski definition) is 3. The molecule has 1 aliphatic heterocycles. The van der Waals surface area contributed by atoms with E-state index in [1.54, 1.807) is 18.2 Å². The van der Waals surface area contributed by atoms with Crippen LogP contribution in [0.5, 0.6) is 0 Å². The van der Waals surface area contributed by atoms with Gasteiger partial charge in [0.05, 0.1) is 17.7 Å². The molecule has 1 aromatic carbocycles. The fourth-order valence-corrected chi connectivity index (χ4v) is 2.49. The Morgan fingerprint density at radius 2 is 2.42 bits per heavy atom. The molecule has 1 atom stereocenters. The number of carbonyl (C=O) groups excluding carboxylic acids is 1. The summed E-state index contributed by atoms with van der Waals surface area (Å²) in [5, 5.41) is 3.61. The Balaban J connectivity index is 2.08. The van der Waals surface area contributed by atoms with Crippen molar-refractivity contribution in [3.05, 3.63) is 33.3 Å². The number of ether oxygens (including phenoxy) is 1. The molecule has 0 bridgehead atoms. The SMILES string of the molecule is CNCC1CN(C(=O)c2ccc(Br)c(Cl)c2)CCO1. The van der Waals surface area contributed by atoms with Gasteiger partial charge in [-0.1, -0.05) is 11.6 Å². The molecule has 0 radical (unpaired) electrons. The number of benzene rings is 1. The highest BCUT2D eigenvalue weighted by Crippen LogP contribution is 2.24. The van der Waals surface area contributed by atoms with Crippen molar-refractivity contribution in [2.45, 2.75) is 6.10 Å². The van der Waals surface area contributed by atoms with Crippen molar-refractivity contribution in [3.8, 4) is 0 Å². The van der Waals surface area contributed by atoms with Gasteiger partial charge in [-0.25, -0.2) is 0 Å². The zero-order valence-corrected chi connectivity index (χ0v) is 13.0. The number of halogens is 2. The van der Waals surface area contributed by atoms with Crippen molar-refractivity contribution in [2.24, 2.45) is 0 Å². The molecule has 1 aliphatic rings. The van der Waals surface area contributed by atoms with E-state index in [2.05, 4.69) is 21.2 Å². The van der Waals surface area contributed by atoms with Gasteiger partial charge in [0.15, 0.2) is 0 Å². The number of carbonyl (C=O) groups is 1. The van der Waals surface area contributed by atoms with Crippen molar-refractivity contribution < 1.29 is 9.53 Å². The molecule has 4 nitrogen and oxygen atoms in total. The Hall–Kier alpha value is -0.620. The molecule has 1 aromatic rings. The lowest BCUT2D eigenvalue weighted by molar-refractivity contribution is -0.0196. The molecule has 1 amide bonds. The fourth-order valence-electron chi connectivity index (χ4n) is 2.07. The topological polar surface area (TPSA) is 41.6 Å². The van der Waals surface area contributed by atoms with Crippen LogP contribution in [0.1, 0.15) is 10.4 Å². The highest BCUT2D eigenvalue weighted by molar-refractivity contribution is 9.10. The minimum atomic E-state index is -0.00111. The van der Waals surface area contributed by atoms with Gasteiger partial charge in [-0.2, -0.15) is 0 Å². The highest BCUT2D eigenvalue weighted by Gasteiger charge is 2.24.